The van der Waals surface area contributed by atoms with Crippen LogP contribution >= 0.6 is 0 Å². The third kappa shape index (κ3) is 5.45. The zero-order valence-electron chi connectivity index (χ0n) is 16.7. The number of nitrogens with zero attached hydrogens (tertiary/aromatic N) is 1. The number of amides is 2. The summed E-state index contributed by atoms with van der Waals surface area (Å²) in [6, 6.07) is 4.25. The highest BCUT2D eigenvalue weighted by Gasteiger charge is 2.24. The van der Waals surface area contributed by atoms with Gasteiger partial charge >= 0.3 is 0 Å². The van der Waals surface area contributed by atoms with E-state index in [9.17, 15) is 18.0 Å². The molecule has 0 aliphatic heterocycles. The maximum atomic E-state index is 12.4. The number of nitrogens with one attached hydrogen (secondary N) is 2. The molecule has 0 aromatic heterocycles. The highest BCUT2D eigenvalue weighted by atomic mass is 32.2. The van der Waals surface area contributed by atoms with Crippen molar-refractivity contribution >= 4 is 21.8 Å². The van der Waals surface area contributed by atoms with Gasteiger partial charge < -0.3 is 15.4 Å². The van der Waals surface area contributed by atoms with Gasteiger partial charge in [0.25, 0.3) is 5.91 Å². The van der Waals surface area contributed by atoms with Gasteiger partial charge in [-0.1, -0.05) is 19.3 Å². The van der Waals surface area contributed by atoms with Crippen molar-refractivity contribution in [1.82, 2.24) is 14.9 Å². The first kappa shape index (κ1) is 22.2. The van der Waals surface area contributed by atoms with Crippen molar-refractivity contribution in [2.75, 3.05) is 34.3 Å². The van der Waals surface area contributed by atoms with Gasteiger partial charge in [0.2, 0.25) is 15.9 Å². The first-order chi connectivity index (χ1) is 13.3. The minimum atomic E-state index is -3.75. The van der Waals surface area contributed by atoms with Crippen LogP contribution in [0.3, 0.4) is 0 Å². The molecule has 1 aromatic carbocycles. The molecule has 0 bridgehead atoms. The Morgan fingerprint density at radius 3 is 2.36 bits per heavy atom. The van der Waals surface area contributed by atoms with Gasteiger partial charge in [-0.2, -0.15) is 0 Å². The zero-order valence-corrected chi connectivity index (χ0v) is 17.5. The van der Waals surface area contributed by atoms with Crippen molar-refractivity contribution in [2.24, 2.45) is 5.92 Å². The molecular weight excluding hydrogens is 382 g/mol. The predicted octanol–water partition coefficient (Wildman–Crippen LogP) is 1.37. The van der Waals surface area contributed by atoms with Gasteiger partial charge in [0.15, 0.2) is 0 Å². The molecule has 9 heteroatoms. The lowest BCUT2D eigenvalue weighted by Crippen LogP contribution is -2.38. The minimum Gasteiger partial charge on any atom is -0.495 e. The van der Waals surface area contributed by atoms with Crippen LogP contribution in [-0.4, -0.2) is 58.8 Å². The first-order valence-electron chi connectivity index (χ1n) is 9.44. The summed E-state index contributed by atoms with van der Waals surface area (Å²) in [7, 11) is 0.447. The van der Waals surface area contributed by atoms with Crippen LogP contribution in [0, 0.1) is 5.92 Å². The molecule has 156 valence electrons. The molecule has 0 atom stereocenters. The zero-order chi connectivity index (χ0) is 20.7. The van der Waals surface area contributed by atoms with E-state index in [-0.39, 0.29) is 34.6 Å². The molecule has 1 saturated carbocycles. The lowest BCUT2D eigenvalue weighted by molar-refractivity contribution is -0.125. The second kappa shape index (κ2) is 9.88. The Kier molecular flexibility index (Phi) is 7.82. The van der Waals surface area contributed by atoms with E-state index < -0.39 is 15.9 Å². The fourth-order valence-corrected chi connectivity index (χ4v) is 4.26. The molecular formula is C19H29N3O5S. The van der Waals surface area contributed by atoms with E-state index in [2.05, 4.69) is 10.6 Å². The highest BCUT2D eigenvalue weighted by molar-refractivity contribution is 7.89. The molecule has 1 fully saturated rings. The van der Waals surface area contributed by atoms with E-state index in [0.29, 0.717) is 6.54 Å². The molecule has 28 heavy (non-hydrogen) atoms. The largest absolute Gasteiger partial charge is 0.495 e. The number of ether oxygens (including phenoxy) is 1. The lowest BCUT2D eigenvalue weighted by atomic mass is 9.89. The number of carbonyl (C=O) groups is 2. The van der Waals surface area contributed by atoms with Crippen LogP contribution in [0.1, 0.15) is 42.5 Å². The molecule has 2 rings (SSSR count). The van der Waals surface area contributed by atoms with Crippen LogP contribution in [0.25, 0.3) is 0 Å². The summed E-state index contributed by atoms with van der Waals surface area (Å²) in [4.78, 5) is 24.4. The van der Waals surface area contributed by atoms with Crippen molar-refractivity contribution < 1.29 is 22.7 Å². The van der Waals surface area contributed by atoms with E-state index in [1.807, 2.05) is 0 Å². The summed E-state index contributed by atoms with van der Waals surface area (Å²) in [5.74, 6) is -0.127. The molecule has 0 radical (unpaired) electrons. The number of rotatable bonds is 8. The Balaban J connectivity index is 1.94. The highest BCUT2D eigenvalue weighted by Crippen LogP contribution is 2.27. The van der Waals surface area contributed by atoms with Gasteiger partial charge in [-0.05, 0) is 31.0 Å². The SMILES string of the molecule is COc1ccc(C(=O)NCCNC(=O)C2CCCCC2)cc1S(=O)(=O)N(C)C. The van der Waals surface area contributed by atoms with E-state index in [0.717, 1.165) is 30.0 Å². The van der Waals surface area contributed by atoms with Gasteiger partial charge in [0.1, 0.15) is 10.6 Å². The molecule has 1 aliphatic rings. The molecule has 0 spiro atoms. The second-order valence-electron chi connectivity index (χ2n) is 7.03. The molecule has 1 aromatic rings. The maximum Gasteiger partial charge on any atom is 0.251 e. The normalized spacial score (nSPS) is 15.3. The average molecular weight is 412 g/mol. The first-order valence-corrected chi connectivity index (χ1v) is 10.9. The summed E-state index contributed by atoms with van der Waals surface area (Å²) in [6.45, 7) is 0.596. The number of hydrogen-bond acceptors (Lipinski definition) is 5. The number of benzene rings is 1. The molecule has 1 aliphatic carbocycles. The Morgan fingerprint density at radius 1 is 1.11 bits per heavy atom. The van der Waals surface area contributed by atoms with Crippen LogP contribution < -0.4 is 15.4 Å². The quantitative estimate of drug-likeness (QED) is 0.629. The molecule has 2 amide bonds. The number of carbonyl (C=O) groups excluding carboxylic acids is 2. The maximum absolute atomic E-state index is 12.4. The van der Waals surface area contributed by atoms with Crippen molar-refractivity contribution in [2.45, 2.75) is 37.0 Å². The number of hydrogen-bond donors (Lipinski definition) is 2. The minimum absolute atomic E-state index is 0.0396. The van der Waals surface area contributed by atoms with E-state index >= 15 is 0 Å². The van der Waals surface area contributed by atoms with Crippen LogP contribution in [0.5, 0.6) is 5.75 Å². The van der Waals surface area contributed by atoms with E-state index in [4.69, 9.17) is 4.74 Å². The summed E-state index contributed by atoms with van der Waals surface area (Å²) in [6.07, 6.45) is 5.21. The van der Waals surface area contributed by atoms with Crippen molar-refractivity contribution in [3.8, 4) is 5.75 Å². The molecule has 2 N–H and O–H groups in total. The Hall–Kier alpha value is -2.13. The standard InChI is InChI=1S/C19H29N3O5S/c1-22(2)28(25,26)17-13-15(9-10-16(17)27-3)19(24)21-12-11-20-18(23)14-7-5-4-6-8-14/h9-10,13-14H,4-8,11-12H2,1-3H3,(H,20,23)(H,21,24). The fraction of sp³-hybridized carbons (Fsp3) is 0.579. The monoisotopic (exact) mass is 411 g/mol. The Labute approximate surface area is 166 Å². The van der Waals surface area contributed by atoms with Crippen LogP contribution in [0.2, 0.25) is 0 Å². The molecule has 8 nitrogen and oxygen atoms in total. The van der Waals surface area contributed by atoms with Gasteiger partial charge in [-0.15, -0.1) is 0 Å². The molecule has 0 unspecified atom stereocenters. The van der Waals surface area contributed by atoms with Crippen LogP contribution in [0.15, 0.2) is 23.1 Å². The summed E-state index contributed by atoms with van der Waals surface area (Å²) in [5.41, 5.74) is 0.208. The van der Waals surface area contributed by atoms with E-state index in [1.165, 1.54) is 45.8 Å². The Morgan fingerprint density at radius 2 is 1.75 bits per heavy atom. The topological polar surface area (TPSA) is 105 Å². The van der Waals surface area contributed by atoms with Crippen LogP contribution in [0.4, 0.5) is 0 Å². The van der Waals surface area contributed by atoms with Gasteiger partial charge in [0.05, 0.1) is 7.11 Å². The van der Waals surface area contributed by atoms with Gasteiger partial charge in [0, 0.05) is 38.7 Å². The summed E-state index contributed by atoms with van der Waals surface area (Å²) < 4.78 is 31.1. The Bertz CT molecular complexity index is 802. The fourth-order valence-electron chi connectivity index (χ4n) is 3.19. The molecule has 0 heterocycles. The average Bonchev–Trinajstić information content (AvgIpc) is 2.70. The van der Waals surface area contributed by atoms with E-state index in [1.54, 1.807) is 0 Å². The van der Waals surface area contributed by atoms with Gasteiger partial charge in [-0.25, -0.2) is 12.7 Å². The van der Waals surface area contributed by atoms with Crippen LogP contribution in [-0.2, 0) is 14.8 Å². The number of methoxy groups -OCH3 is 1. The third-order valence-electron chi connectivity index (χ3n) is 4.87. The van der Waals surface area contributed by atoms with Crippen molar-refractivity contribution in [3.05, 3.63) is 23.8 Å². The van der Waals surface area contributed by atoms with Crippen molar-refractivity contribution in [1.29, 1.82) is 0 Å². The predicted molar refractivity (Wildman–Crippen MR) is 106 cm³/mol. The second-order valence-corrected chi connectivity index (χ2v) is 9.16. The lowest BCUT2D eigenvalue weighted by Gasteiger charge is -2.20. The third-order valence-corrected chi connectivity index (χ3v) is 6.71. The van der Waals surface area contributed by atoms with Crippen molar-refractivity contribution in [3.63, 3.8) is 0 Å². The molecule has 0 saturated heterocycles. The summed E-state index contributed by atoms with van der Waals surface area (Å²) in [5, 5.41) is 5.55. The smallest absolute Gasteiger partial charge is 0.251 e. The summed E-state index contributed by atoms with van der Waals surface area (Å²) >= 11 is 0. The van der Waals surface area contributed by atoms with Gasteiger partial charge in [-0.3, -0.25) is 9.59 Å². The number of sulfonamides is 1.